The summed E-state index contributed by atoms with van der Waals surface area (Å²) in [6.07, 6.45) is -0.692. The van der Waals surface area contributed by atoms with Gasteiger partial charge in [-0.15, -0.1) is 0 Å². The fourth-order valence-corrected chi connectivity index (χ4v) is 4.09. The van der Waals surface area contributed by atoms with E-state index >= 15 is 0 Å². The second-order valence-electron chi connectivity index (χ2n) is 6.94. The molecule has 1 aromatic heterocycles. The van der Waals surface area contributed by atoms with Gasteiger partial charge in [0, 0.05) is 35.9 Å². The van der Waals surface area contributed by atoms with Crippen LogP contribution in [0.3, 0.4) is 0 Å². The quantitative estimate of drug-likeness (QED) is 0.307. The van der Waals surface area contributed by atoms with Crippen molar-refractivity contribution >= 4 is 27.5 Å². The van der Waals surface area contributed by atoms with Gasteiger partial charge in [0.1, 0.15) is 5.69 Å². The van der Waals surface area contributed by atoms with E-state index < -0.39 is 17.3 Å². The third-order valence-electron chi connectivity index (χ3n) is 5.28. The molecule has 10 heteroatoms. The van der Waals surface area contributed by atoms with Gasteiger partial charge in [-0.25, -0.2) is 0 Å². The van der Waals surface area contributed by atoms with E-state index in [1.807, 2.05) is 24.3 Å². The van der Waals surface area contributed by atoms with E-state index in [2.05, 4.69) is 26.1 Å². The van der Waals surface area contributed by atoms with Crippen LogP contribution in [0.25, 0.3) is 11.3 Å². The number of nitrogens with one attached hydrogen (secondary N) is 1. The number of nitrogens with zero attached hydrogens (tertiary/aromatic N) is 3. The summed E-state index contributed by atoms with van der Waals surface area (Å²) in [5.74, 6) is -0.326. The Morgan fingerprint density at radius 1 is 1.19 bits per heavy atom. The number of nitro groups is 1. The van der Waals surface area contributed by atoms with Crippen LogP contribution in [0.5, 0.6) is 0 Å². The molecule has 0 radical (unpaired) electrons. The number of carbonyl (C=O) groups excluding carboxylic acids is 1. The molecule has 0 fully saturated rings. The Morgan fingerprint density at radius 2 is 1.87 bits per heavy atom. The molecule has 160 valence electrons. The third-order valence-corrected chi connectivity index (χ3v) is 5.81. The maximum atomic E-state index is 13.3. The number of carbonyl (C=O) groups is 1. The molecule has 0 spiro atoms. The summed E-state index contributed by atoms with van der Waals surface area (Å²) >= 11 is 3.41. The molecular formula is C21H19BrN4O5. The highest BCUT2D eigenvalue weighted by Gasteiger charge is 2.45. The number of hydrogen-bond acceptors (Lipinski definition) is 6. The number of amides is 1. The van der Waals surface area contributed by atoms with Crippen LogP contribution in [0.15, 0.2) is 53.0 Å². The lowest BCUT2D eigenvalue weighted by Gasteiger charge is -2.28. The number of para-hydroxylation sites is 1. The Kier molecular flexibility index (Phi) is 5.86. The van der Waals surface area contributed by atoms with Crippen LogP contribution in [0, 0.1) is 10.1 Å². The summed E-state index contributed by atoms with van der Waals surface area (Å²) < 4.78 is 11.5. The molecule has 1 aliphatic heterocycles. The molecule has 1 aliphatic rings. The summed E-state index contributed by atoms with van der Waals surface area (Å²) in [6.45, 7) is 0.0881. The number of nitro benzene ring substituents is 1. The van der Waals surface area contributed by atoms with Gasteiger partial charge < -0.3 is 14.4 Å². The molecular weight excluding hydrogens is 468 g/mol. The van der Waals surface area contributed by atoms with Gasteiger partial charge in [0.25, 0.3) is 11.6 Å². The summed E-state index contributed by atoms with van der Waals surface area (Å²) in [6, 6.07) is 13.2. The Morgan fingerprint density at radius 3 is 2.52 bits per heavy atom. The molecule has 31 heavy (non-hydrogen) atoms. The van der Waals surface area contributed by atoms with E-state index in [1.54, 1.807) is 18.2 Å². The van der Waals surface area contributed by atoms with Gasteiger partial charge in [0.15, 0.2) is 6.29 Å². The fourth-order valence-electron chi connectivity index (χ4n) is 3.83. The molecule has 3 aromatic rings. The minimum absolute atomic E-state index is 0.0764. The van der Waals surface area contributed by atoms with Crippen LogP contribution in [0.4, 0.5) is 5.69 Å². The second-order valence-corrected chi connectivity index (χ2v) is 7.86. The lowest BCUT2D eigenvalue weighted by atomic mass is 9.95. The van der Waals surface area contributed by atoms with Gasteiger partial charge in [-0.05, 0) is 18.2 Å². The van der Waals surface area contributed by atoms with Crippen molar-refractivity contribution in [2.24, 2.45) is 0 Å². The van der Waals surface area contributed by atoms with E-state index in [4.69, 9.17) is 9.47 Å². The molecule has 1 atom stereocenters. The van der Waals surface area contributed by atoms with E-state index in [9.17, 15) is 14.9 Å². The Balaban J connectivity index is 1.91. The Hall–Kier alpha value is -3.08. The molecule has 0 bridgehead atoms. The van der Waals surface area contributed by atoms with Crippen molar-refractivity contribution in [1.82, 2.24) is 15.1 Å². The minimum atomic E-state index is -0.728. The van der Waals surface area contributed by atoms with Crippen molar-refractivity contribution in [2.75, 3.05) is 20.8 Å². The molecule has 9 nitrogen and oxygen atoms in total. The van der Waals surface area contributed by atoms with Gasteiger partial charge in [-0.3, -0.25) is 20.0 Å². The summed E-state index contributed by atoms with van der Waals surface area (Å²) in [4.78, 5) is 26.1. The van der Waals surface area contributed by atoms with Crippen LogP contribution in [0.1, 0.15) is 27.7 Å². The highest BCUT2D eigenvalue weighted by molar-refractivity contribution is 9.10. The van der Waals surface area contributed by atoms with Crippen LogP contribution >= 0.6 is 15.9 Å². The number of fused-ring (bicyclic) bond motifs is 1. The summed E-state index contributed by atoms with van der Waals surface area (Å²) in [5.41, 5.74) is 2.55. The average Bonchev–Trinajstić information content (AvgIpc) is 3.31. The first-order valence-electron chi connectivity index (χ1n) is 9.40. The average molecular weight is 487 g/mol. The molecule has 1 N–H and O–H groups in total. The van der Waals surface area contributed by atoms with Crippen molar-refractivity contribution in [1.29, 1.82) is 0 Å². The first-order valence-corrected chi connectivity index (χ1v) is 10.2. The van der Waals surface area contributed by atoms with Crippen molar-refractivity contribution in [3.05, 3.63) is 79.9 Å². The van der Waals surface area contributed by atoms with Crippen LogP contribution in [-0.2, 0) is 9.47 Å². The van der Waals surface area contributed by atoms with E-state index in [0.29, 0.717) is 22.5 Å². The molecule has 0 aliphatic carbocycles. The lowest BCUT2D eigenvalue weighted by molar-refractivity contribution is -0.385. The van der Waals surface area contributed by atoms with Crippen molar-refractivity contribution in [3.8, 4) is 11.3 Å². The smallest absolute Gasteiger partial charge is 0.275 e. The van der Waals surface area contributed by atoms with Gasteiger partial charge in [-0.1, -0.05) is 40.2 Å². The summed E-state index contributed by atoms with van der Waals surface area (Å²) in [5, 5.41) is 19.0. The number of aromatic amines is 1. The summed E-state index contributed by atoms with van der Waals surface area (Å²) in [7, 11) is 2.95. The van der Waals surface area contributed by atoms with Crippen LogP contribution < -0.4 is 0 Å². The van der Waals surface area contributed by atoms with Gasteiger partial charge >= 0.3 is 0 Å². The predicted molar refractivity (Wildman–Crippen MR) is 116 cm³/mol. The van der Waals surface area contributed by atoms with Crippen molar-refractivity contribution in [2.45, 2.75) is 12.3 Å². The zero-order valence-corrected chi connectivity index (χ0v) is 18.3. The molecule has 1 unspecified atom stereocenters. The first kappa shape index (κ1) is 21.2. The van der Waals surface area contributed by atoms with Gasteiger partial charge in [-0.2, -0.15) is 5.10 Å². The standard InChI is InChI=1S/C21H19BrN4O5/c1-30-16(31-2)11-25-20(14-5-3-4-6-15(14)26(28)29)17-18(23-24-19(17)21(25)27)12-7-9-13(22)10-8-12/h3-10,16,20H,11H2,1-2H3,(H,23,24). The Bertz CT molecular complexity index is 1130. The highest BCUT2D eigenvalue weighted by atomic mass is 79.9. The number of ether oxygens (including phenoxy) is 2. The largest absolute Gasteiger partial charge is 0.354 e. The molecule has 2 aromatic carbocycles. The second kappa shape index (κ2) is 8.58. The normalized spacial score (nSPS) is 15.5. The zero-order chi connectivity index (χ0) is 22.1. The maximum absolute atomic E-state index is 13.3. The van der Waals surface area contributed by atoms with Crippen molar-refractivity contribution in [3.63, 3.8) is 0 Å². The van der Waals surface area contributed by atoms with E-state index in [0.717, 1.165) is 10.0 Å². The lowest BCUT2D eigenvalue weighted by Crippen LogP contribution is -2.38. The number of aromatic nitrogens is 2. The maximum Gasteiger partial charge on any atom is 0.275 e. The van der Waals surface area contributed by atoms with Gasteiger partial charge in [0.05, 0.1) is 28.8 Å². The first-order chi connectivity index (χ1) is 15.0. The zero-order valence-electron chi connectivity index (χ0n) is 16.7. The van der Waals surface area contributed by atoms with Crippen molar-refractivity contribution < 1.29 is 19.2 Å². The van der Waals surface area contributed by atoms with E-state index in [-0.39, 0.29) is 18.1 Å². The van der Waals surface area contributed by atoms with Gasteiger partial charge in [0.2, 0.25) is 0 Å². The SMILES string of the molecule is COC(CN1C(=O)c2[nH]nc(-c3ccc(Br)cc3)c2C1c1ccccc1[N+](=O)[O-])OC. The number of H-pyrrole nitrogens is 1. The van der Waals surface area contributed by atoms with E-state index in [1.165, 1.54) is 25.2 Å². The number of hydrogen-bond donors (Lipinski definition) is 1. The highest BCUT2D eigenvalue weighted by Crippen LogP contribution is 2.45. The number of benzene rings is 2. The van der Waals surface area contributed by atoms with Crippen LogP contribution in [0.2, 0.25) is 0 Å². The monoisotopic (exact) mass is 486 g/mol. The molecule has 0 saturated carbocycles. The molecule has 1 amide bonds. The molecule has 4 rings (SSSR count). The number of methoxy groups -OCH3 is 2. The number of rotatable bonds is 7. The predicted octanol–water partition coefficient (Wildman–Crippen LogP) is 3.91. The van der Waals surface area contributed by atoms with Crippen LogP contribution in [-0.4, -0.2) is 53.0 Å². The minimum Gasteiger partial charge on any atom is -0.354 e. The topological polar surface area (TPSA) is 111 Å². The molecule has 0 saturated heterocycles. The number of halogens is 1. The fraction of sp³-hybridized carbons (Fsp3) is 0.238. The third kappa shape index (κ3) is 3.73. The Labute approximate surface area is 186 Å². The molecule has 2 heterocycles.